The molecule has 1 aromatic rings. The van der Waals surface area contributed by atoms with Crippen LogP contribution < -0.4 is 5.32 Å². The van der Waals surface area contributed by atoms with E-state index in [0.29, 0.717) is 12.5 Å². The van der Waals surface area contributed by atoms with Crippen molar-refractivity contribution in [3.05, 3.63) is 35.9 Å². The molecule has 0 saturated carbocycles. The van der Waals surface area contributed by atoms with Gasteiger partial charge in [0.25, 0.3) is 0 Å². The quantitative estimate of drug-likeness (QED) is 0.829. The number of nitrogens with zero attached hydrogens (tertiary/aromatic N) is 2. The van der Waals surface area contributed by atoms with Gasteiger partial charge in [0, 0.05) is 13.1 Å². The van der Waals surface area contributed by atoms with E-state index in [1.54, 1.807) is 4.90 Å². The summed E-state index contributed by atoms with van der Waals surface area (Å²) in [4.78, 5) is 14.1. The Balaban J connectivity index is 2.07. The Kier molecular flexibility index (Phi) is 4.53. The molecule has 2 rings (SSSR count). The number of amides is 1. The van der Waals surface area contributed by atoms with Gasteiger partial charge in [-0.3, -0.25) is 4.79 Å². The molecule has 2 atom stereocenters. The first-order valence-electron chi connectivity index (χ1n) is 6.62. The molecule has 19 heavy (non-hydrogen) atoms. The molecular formula is C15H19N3O. The van der Waals surface area contributed by atoms with Crippen LogP contribution in [0.1, 0.15) is 12.5 Å². The number of carbonyl (C=O) groups is 1. The van der Waals surface area contributed by atoms with Gasteiger partial charge >= 0.3 is 0 Å². The van der Waals surface area contributed by atoms with Crippen molar-refractivity contribution < 1.29 is 4.79 Å². The first kappa shape index (κ1) is 13.6. The first-order chi connectivity index (χ1) is 9.22. The van der Waals surface area contributed by atoms with Crippen molar-refractivity contribution in [1.29, 1.82) is 5.26 Å². The van der Waals surface area contributed by atoms with E-state index in [9.17, 15) is 4.79 Å². The number of rotatable bonds is 4. The lowest BCUT2D eigenvalue weighted by Gasteiger charge is -2.24. The number of hydrogen-bond acceptors (Lipinski definition) is 3. The molecule has 1 N–H and O–H groups in total. The highest BCUT2D eigenvalue weighted by Gasteiger charge is 2.32. The summed E-state index contributed by atoms with van der Waals surface area (Å²) in [7, 11) is 0. The smallest absolute Gasteiger partial charge is 0.228 e. The first-order valence-corrected chi connectivity index (χ1v) is 6.62. The molecule has 0 aliphatic carbocycles. The summed E-state index contributed by atoms with van der Waals surface area (Å²) in [5.41, 5.74) is 1.06. The monoisotopic (exact) mass is 257 g/mol. The van der Waals surface area contributed by atoms with Gasteiger partial charge in [0.2, 0.25) is 5.91 Å². The van der Waals surface area contributed by atoms with Gasteiger partial charge in [-0.1, -0.05) is 37.3 Å². The predicted molar refractivity (Wildman–Crippen MR) is 73.0 cm³/mol. The molecule has 4 nitrogen and oxygen atoms in total. The van der Waals surface area contributed by atoms with Crippen molar-refractivity contribution in [2.75, 3.05) is 19.6 Å². The van der Waals surface area contributed by atoms with Gasteiger partial charge in [0.05, 0.1) is 12.0 Å². The molecular weight excluding hydrogens is 238 g/mol. The number of nitrogens with one attached hydrogen (secondary N) is 1. The highest BCUT2D eigenvalue weighted by molar-refractivity contribution is 5.80. The summed E-state index contributed by atoms with van der Waals surface area (Å²) in [5.74, 6) is 0.421. The van der Waals surface area contributed by atoms with Gasteiger partial charge in [-0.05, 0) is 18.0 Å². The zero-order valence-electron chi connectivity index (χ0n) is 11.2. The molecule has 0 radical (unpaired) electrons. The lowest BCUT2D eigenvalue weighted by atomic mass is 9.96. The zero-order chi connectivity index (χ0) is 13.7. The van der Waals surface area contributed by atoms with Crippen molar-refractivity contribution in [2.24, 2.45) is 11.8 Å². The van der Waals surface area contributed by atoms with E-state index in [-0.39, 0.29) is 18.4 Å². The fourth-order valence-electron chi connectivity index (χ4n) is 2.48. The molecule has 1 aromatic carbocycles. The average Bonchev–Trinajstić information content (AvgIpc) is 2.85. The van der Waals surface area contributed by atoms with Crippen LogP contribution in [0.4, 0.5) is 0 Å². The minimum absolute atomic E-state index is 0.00272. The molecule has 100 valence electrons. The van der Waals surface area contributed by atoms with E-state index in [1.165, 1.54) is 0 Å². The van der Waals surface area contributed by atoms with Gasteiger partial charge in [0.1, 0.15) is 6.54 Å². The molecule has 1 saturated heterocycles. The van der Waals surface area contributed by atoms with Crippen LogP contribution in [0.2, 0.25) is 0 Å². The van der Waals surface area contributed by atoms with E-state index < -0.39 is 0 Å². The summed E-state index contributed by atoms with van der Waals surface area (Å²) in [6, 6.07) is 11.9. The molecule has 0 aromatic heterocycles. The number of carbonyl (C=O) groups excluding carboxylic acids is 1. The van der Waals surface area contributed by atoms with Crippen LogP contribution in [0.15, 0.2) is 30.3 Å². The van der Waals surface area contributed by atoms with E-state index >= 15 is 0 Å². The number of hydrogen-bond donors (Lipinski definition) is 1. The minimum Gasteiger partial charge on any atom is -0.325 e. The predicted octanol–water partition coefficient (Wildman–Crippen LogP) is 1.39. The fraction of sp³-hybridized carbons (Fsp3) is 0.467. The summed E-state index contributed by atoms with van der Waals surface area (Å²) in [6.07, 6.45) is 0. The van der Waals surface area contributed by atoms with Gasteiger partial charge in [-0.25, -0.2) is 0 Å². The zero-order valence-corrected chi connectivity index (χ0v) is 11.2. The maximum Gasteiger partial charge on any atom is 0.228 e. The molecule has 1 amide bonds. The van der Waals surface area contributed by atoms with Crippen molar-refractivity contribution in [1.82, 2.24) is 10.2 Å². The van der Waals surface area contributed by atoms with Crippen LogP contribution in [-0.4, -0.2) is 30.4 Å². The van der Waals surface area contributed by atoms with Crippen LogP contribution in [-0.2, 0) is 11.3 Å². The summed E-state index contributed by atoms with van der Waals surface area (Å²) in [6.45, 7) is 4.34. The largest absolute Gasteiger partial charge is 0.325 e. The van der Waals surface area contributed by atoms with Crippen LogP contribution in [0, 0.1) is 23.2 Å². The number of benzene rings is 1. The van der Waals surface area contributed by atoms with Crippen molar-refractivity contribution >= 4 is 5.91 Å². The average molecular weight is 257 g/mol. The molecule has 0 bridgehead atoms. The standard InChI is InChI=1S/C15H19N3O/c1-12-9-17-10-14(12)15(19)18(8-7-16)11-13-5-3-2-4-6-13/h2-6,12,14,17H,8-11H2,1H3. The molecule has 1 aliphatic rings. The van der Waals surface area contributed by atoms with E-state index in [4.69, 9.17) is 5.26 Å². The summed E-state index contributed by atoms with van der Waals surface area (Å²) < 4.78 is 0. The normalized spacial score (nSPS) is 21.9. The second-order valence-corrected chi connectivity index (χ2v) is 5.08. The van der Waals surface area contributed by atoms with Gasteiger partial charge in [0.15, 0.2) is 0 Å². The Bertz CT molecular complexity index is 466. The summed E-state index contributed by atoms with van der Waals surface area (Å²) in [5, 5.41) is 12.1. The molecule has 4 heteroatoms. The Labute approximate surface area is 114 Å². The Morgan fingerprint density at radius 3 is 2.74 bits per heavy atom. The number of nitriles is 1. The van der Waals surface area contributed by atoms with Gasteiger partial charge in [-0.2, -0.15) is 5.26 Å². The van der Waals surface area contributed by atoms with E-state index in [1.807, 2.05) is 30.3 Å². The third-order valence-corrected chi connectivity index (χ3v) is 3.62. The van der Waals surface area contributed by atoms with Gasteiger partial charge < -0.3 is 10.2 Å². The topological polar surface area (TPSA) is 56.1 Å². The maximum atomic E-state index is 12.5. The van der Waals surface area contributed by atoms with Crippen LogP contribution >= 0.6 is 0 Å². The third kappa shape index (κ3) is 3.33. The Morgan fingerprint density at radius 2 is 2.16 bits per heavy atom. The molecule has 1 fully saturated rings. The highest BCUT2D eigenvalue weighted by atomic mass is 16.2. The van der Waals surface area contributed by atoms with Gasteiger partial charge in [-0.15, -0.1) is 0 Å². The molecule has 1 heterocycles. The lowest BCUT2D eigenvalue weighted by molar-refractivity contribution is -0.136. The molecule has 0 spiro atoms. The van der Waals surface area contributed by atoms with Crippen molar-refractivity contribution in [3.8, 4) is 6.07 Å². The molecule has 2 unspecified atom stereocenters. The SMILES string of the molecule is CC1CNCC1C(=O)N(CC#N)Cc1ccccc1. The fourth-order valence-corrected chi connectivity index (χ4v) is 2.48. The highest BCUT2D eigenvalue weighted by Crippen LogP contribution is 2.19. The van der Waals surface area contributed by atoms with Crippen molar-refractivity contribution in [2.45, 2.75) is 13.5 Å². The van der Waals surface area contributed by atoms with Crippen LogP contribution in [0.25, 0.3) is 0 Å². The second-order valence-electron chi connectivity index (χ2n) is 5.08. The Morgan fingerprint density at radius 1 is 1.42 bits per heavy atom. The van der Waals surface area contributed by atoms with E-state index in [0.717, 1.165) is 18.7 Å². The summed E-state index contributed by atoms with van der Waals surface area (Å²) >= 11 is 0. The Hall–Kier alpha value is -1.86. The maximum absolute atomic E-state index is 12.5. The van der Waals surface area contributed by atoms with Crippen LogP contribution in [0.5, 0.6) is 0 Å². The lowest BCUT2D eigenvalue weighted by Crippen LogP contribution is -2.38. The molecule has 1 aliphatic heterocycles. The van der Waals surface area contributed by atoms with E-state index in [2.05, 4.69) is 18.3 Å². The minimum atomic E-state index is -0.00272. The third-order valence-electron chi connectivity index (χ3n) is 3.62. The van der Waals surface area contributed by atoms with Crippen molar-refractivity contribution in [3.63, 3.8) is 0 Å². The second kappa shape index (κ2) is 6.35. The van der Waals surface area contributed by atoms with Crippen LogP contribution in [0.3, 0.4) is 0 Å².